The maximum absolute atomic E-state index is 13.4. The van der Waals surface area contributed by atoms with E-state index in [1.807, 2.05) is 25.2 Å². The molecule has 3 aliphatic rings. The molecule has 1 aromatic carbocycles. The van der Waals surface area contributed by atoms with Gasteiger partial charge in [-0.15, -0.1) is 0 Å². The Kier molecular flexibility index (Phi) is 4.47. The molecule has 1 aromatic heterocycles. The van der Waals surface area contributed by atoms with E-state index in [-0.39, 0.29) is 17.6 Å². The topological polar surface area (TPSA) is 81.3 Å². The van der Waals surface area contributed by atoms with Gasteiger partial charge in [0.25, 0.3) is 0 Å². The Morgan fingerprint density at radius 3 is 2.83 bits per heavy atom. The predicted molar refractivity (Wildman–Crippen MR) is 111 cm³/mol. The van der Waals surface area contributed by atoms with Crippen LogP contribution in [0, 0.1) is 17.2 Å². The number of aromatic nitrogens is 2. The van der Waals surface area contributed by atoms with Gasteiger partial charge in [-0.1, -0.05) is 23.8 Å². The lowest BCUT2D eigenvalue weighted by Crippen LogP contribution is -2.48. The molecule has 0 saturated carbocycles. The van der Waals surface area contributed by atoms with Crippen molar-refractivity contribution in [3.05, 3.63) is 47.8 Å². The summed E-state index contributed by atoms with van der Waals surface area (Å²) in [5.74, 6) is -0.219. The first-order valence-corrected chi connectivity index (χ1v) is 10.3. The minimum atomic E-state index is -0.758. The van der Waals surface area contributed by atoms with E-state index >= 15 is 0 Å². The molecule has 5 rings (SSSR count). The molecule has 7 nitrogen and oxygen atoms in total. The molecule has 1 aliphatic carbocycles. The molecule has 2 saturated heterocycles. The zero-order valence-electron chi connectivity index (χ0n) is 16.8. The fourth-order valence-corrected chi connectivity index (χ4v) is 5.00. The Morgan fingerprint density at radius 2 is 2.03 bits per heavy atom. The van der Waals surface area contributed by atoms with Crippen LogP contribution in [-0.4, -0.2) is 59.6 Å². The summed E-state index contributed by atoms with van der Waals surface area (Å²) in [5, 5.41) is 10.7. The molecule has 0 spiro atoms. The first kappa shape index (κ1) is 19.0. The summed E-state index contributed by atoms with van der Waals surface area (Å²) in [6.45, 7) is 5.96. The number of piperazine rings is 1. The lowest BCUT2D eigenvalue weighted by molar-refractivity contribution is -0.127. The van der Waals surface area contributed by atoms with E-state index in [0.29, 0.717) is 11.9 Å². The van der Waals surface area contributed by atoms with Gasteiger partial charge < -0.3 is 4.90 Å². The third-order valence-corrected chi connectivity index (χ3v) is 6.81. The first-order valence-electron chi connectivity index (χ1n) is 10.3. The van der Waals surface area contributed by atoms with Crippen LogP contribution >= 0.6 is 0 Å². The van der Waals surface area contributed by atoms with E-state index in [0.717, 1.165) is 49.5 Å². The van der Waals surface area contributed by atoms with Crippen molar-refractivity contribution in [3.8, 4) is 0 Å². The highest BCUT2D eigenvalue weighted by molar-refractivity contribution is 6.10. The van der Waals surface area contributed by atoms with Gasteiger partial charge in [0.1, 0.15) is 5.82 Å². The average molecular weight is 409 g/mol. The first-order chi connectivity index (χ1) is 14.5. The molecule has 2 unspecified atom stereocenters. The zero-order chi connectivity index (χ0) is 20.9. The van der Waals surface area contributed by atoms with Crippen molar-refractivity contribution in [3.63, 3.8) is 0 Å². The Hall–Kier alpha value is -3.00. The molecule has 2 N–H and O–H groups in total. The number of aromatic amines is 1. The highest BCUT2D eigenvalue weighted by Gasteiger charge is 2.55. The van der Waals surface area contributed by atoms with E-state index in [1.54, 1.807) is 6.07 Å². The number of hydrogen-bond acceptors (Lipinski definition) is 5. The van der Waals surface area contributed by atoms with Gasteiger partial charge in [-0.25, -0.2) is 4.39 Å². The highest BCUT2D eigenvalue weighted by atomic mass is 19.1. The van der Waals surface area contributed by atoms with E-state index in [4.69, 9.17) is 0 Å². The number of anilines is 1. The molecule has 3 heterocycles. The molecule has 2 amide bonds. The number of allylic oxidation sites excluding steroid dienone is 2. The van der Waals surface area contributed by atoms with Crippen LogP contribution in [0.1, 0.15) is 13.3 Å². The molecule has 2 aliphatic heterocycles. The van der Waals surface area contributed by atoms with Crippen LogP contribution in [0.25, 0.3) is 10.9 Å². The smallest absolute Gasteiger partial charge is 0.238 e. The predicted octanol–water partition coefficient (Wildman–Crippen LogP) is 1.99. The van der Waals surface area contributed by atoms with Crippen molar-refractivity contribution < 1.29 is 14.0 Å². The van der Waals surface area contributed by atoms with Crippen molar-refractivity contribution in [2.45, 2.75) is 13.3 Å². The Balaban J connectivity index is 1.25. The molecule has 30 heavy (non-hydrogen) atoms. The number of hydrogen-bond donors (Lipinski definition) is 2. The average Bonchev–Trinajstić information content (AvgIpc) is 3.26. The van der Waals surface area contributed by atoms with Crippen LogP contribution in [0.15, 0.2) is 42.0 Å². The standard InChI is InChI=1S/C22H24FN5O2/c1-14-3-2-4-17-20(29)24-21(30)22(14,17)7-8-27-9-11-28(12-10-27)19-16-6-5-15(23)13-18(16)25-26-19/h2-6,13,17H,7-12H2,1H3,(H,25,26)(H,24,29,30). The maximum Gasteiger partial charge on any atom is 0.238 e. The number of H-pyrrole nitrogens is 1. The van der Waals surface area contributed by atoms with Crippen LogP contribution in [0.4, 0.5) is 10.2 Å². The quantitative estimate of drug-likeness (QED) is 0.755. The summed E-state index contributed by atoms with van der Waals surface area (Å²) in [5.41, 5.74) is 0.889. The number of rotatable bonds is 4. The van der Waals surface area contributed by atoms with Crippen molar-refractivity contribution in [2.24, 2.45) is 11.3 Å². The number of halogens is 1. The van der Waals surface area contributed by atoms with Gasteiger partial charge in [0, 0.05) is 31.6 Å². The van der Waals surface area contributed by atoms with Gasteiger partial charge in [-0.05, 0) is 38.1 Å². The summed E-state index contributed by atoms with van der Waals surface area (Å²) in [6, 6.07) is 4.67. The summed E-state index contributed by atoms with van der Waals surface area (Å²) >= 11 is 0. The summed E-state index contributed by atoms with van der Waals surface area (Å²) < 4.78 is 13.4. The van der Waals surface area contributed by atoms with Crippen molar-refractivity contribution in [2.75, 3.05) is 37.6 Å². The highest BCUT2D eigenvalue weighted by Crippen LogP contribution is 2.46. The lowest BCUT2D eigenvalue weighted by atomic mass is 9.67. The normalized spacial score (nSPS) is 26.8. The van der Waals surface area contributed by atoms with Crippen LogP contribution in [-0.2, 0) is 9.59 Å². The van der Waals surface area contributed by atoms with Crippen molar-refractivity contribution >= 4 is 28.5 Å². The lowest BCUT2D eigenvalue weighted by Gasteiger charge is -2.38. The molecular formula is C22H24FN5O2. The third-order valence-electron chi connectivity index (χ3n) is 6.81. The summed E-state index contributed by atoms with van der Waals surface area (Å²) in [6.07, 6.45) is 6.27. The number of benzene rings is 1. The molecule has 2 aromatic rings. The monoisotopic (exact) mass is 409 g/mol. The van der Waals surface area contributed by atoms with E-state index in [2.05, 4.69) is 25.3 Å². The Morgan fingerprint density at radius 1 is 1.23 bits per heavy atom. The van der Waals surface area contributed by atoms with Crippen molar-refractivity contribution in [1.82, 2.24) is 20.4 Å². The summed E-state index contributed by atoms with van der Waals surface area (Å²) in [4.78, 5) is 29.5. The SMILES string of the molecule is CC1=CC=CC2C(=O)NC(=O)C12CCN1CCN(c2n[nH]c3cc(F)ccc23)CC1. The molecule has 156 valence electrons. The van der Waals surface area contributed by atoms with E-state index in [9.17, 15) is 14.0 Å². The second-order valence-electron chi connectivity index (χ2n) is 8.32. The number of fused-ring (bicyclic) bond motifs is 2. The maximum atomic E-state index is 13.4. The summed E-state index contributed by atoms with van der Waals surface area (Å²) in [7, 11) is 0. The van der Waals surface area contributed by atoms with Gasteiger partial charge >= 0.3 is 0 Å². The number of carbonyl (C=O) groups excluding carboxylic acids is 2. The molecule has 2 atom stereocenters. The number of nitrogens with one attached hydrogen (secondary N) is 2. The Bertz CT molecular complexity index is 1080. The van der Waals surface area contributed by atoms with Crippen LogP contribution in [0.2, 0.25) is 0 Å². The number of nitrogens with zero attached hydrogens (tertiary/aromatic N) is 3. The van der Waals surface area contributed by atoms with Crippen LogP contribution in [0.5, 0.6) is 0 Å². The van der Waals surface area contributed by atoms with Gasteiger partial charge in [-0.2, -0.15) is 5.10 Å². The van der Waals surface area contributed by atoms with Crippen molar-refractivity contribution in [1.29, 1.82) is 0 Å². The fourth-order valence-electron chi connectivity index (χ4n) is 5.00. The molecule has 0 radical (unpaired) electrons. The molecule has 0 bridgehead atoms. The number of carbonyl (C=O) groups is 2. The third kappa shape index (κ3) is 2.86. The van der Waals surface area contributed by atoms with Gasteiger partial charge in [0.05, 0.1) is 16.8 Å². The van der Waals surface area contributed by atoms with Crippen LogP contribution < -0.4 is 10.2 Å². The van der Waals surface area contributed by atoms with Gasteiger partial charge in [0.15, 0.2) is 5.82 Å². The Labute approximate surface area is 173 Å². The molecule has 2 fully saturated rings. The number of amides is 2. The van der Waals surface area contributed by atoms with Gasteiger partial charge in [-0.3, -0.25) is 24.9 Å². The van der Waals surface area contributed by atoms with E-state index in [1.165, 1.54) is 12.1 Å². The van der Waals surface area contributed by atoms with E-state index < -0.39 is 11.3 Å². The number of imide groups is 1. The largest absolute Gasteiger partial charge is 0.352 e. The second-order valence-corrected chi connectivity index (χ2v) is 8.32. The minimum Gasteiger partial charge on any atom is -0.352 e. The molecular weight excluding hydrogens is 385 g/mol. The van der Waals surface area contributed by atoms with Crippen LogP contribution in [0.3, 0.4) is 0 Å². The minimum absolute atomic E-state index is 0.176. The zero-order valence-corrected chi connectivity index (χ0v) is 16.8. The molecule has 8 heteroatoms. The van der Waals surface area contributed by atoms with Gasteiger partial charge in [0.2, 0.25) is 11.8 Å². The second kappa shape index (κ2) is 7.05. The fraction of sp³-hybridized carbons (Fsp3) is 0.409.